The Morgan fingerprint density at radius 2 is 1.81 bits per heavy atom. The average Bonchev–Trinajstić information content (AvgIpc) is 2.50. The molecule has 0 aliphatic rings. The Kier molecular flexibility index (Phi) is 6.38. The predicted octanol–water partition coefficient (Wildman–Crippen LogP) is 4.73. The Labute approximate surface area is 134 Å². The molecule has 4 heteroatoms. The molecule has 0 spiro atoms. The van der Waals surface area contributed by atoms with Crippen LogP contribution in [0.3, 0.4) is 0 Å². The molecule has 0 atom stereocenters. The summed E-state index contributed by atoms with van der Waals surface area (Å²) >= 11 is 7.37. The molecule has 2 rings (SSSR count). The molecule has 1 N–H and O–H groups in total. The Balaban J connectivity index is 1.67. The van der Waals surface area contributed by atoms with Crippen LogP contribution in [0.1, 0.15) is 5.56 Å². The maximum Gasteiger partial charge on any atom is 0.234 e. The van der Waals surface area contributed by atoms with Gasteiger partial charge in [-0.15, -0.1) is 11.8 Å². The number of halogens is 1. The zero-order valence-electron chi connectivity index (χ0n) is 11.5. The zero-order chi connectivity index (χ0) is 14.9. The van der Waals surface area contributed by atoms with E-state index in [4.69, 9.17) is 11.6 Å². The maximum atomic E-state index is 11.7. The van der Waals surface area contributed by atoms with Gasteiger partial charge < -0.3 is 5.32 Å². The van der Waals surface area contributed by atoms with Crippen molar-refractivity contribution >= 4 is 41.0 Å². The monoisotopic (exact) mass is 317 g/mol. The van der Waals surface area contributed by atoms with Gasteiger partial charge in [0, 0.05) is 16.5 Å². The van der Waals surface area contributed by atoms with Gasteiger partial charge in [0.15, 0.2) is 0 Å². The topological polar surface area (TPSA) is 29.1 Å². The molecule has 0 unspecified atom stereocenters. The summed E-state index contributed by atoms with van der Waals surface area (Å²) < 4.78 is 0. The van der Waals surface area contributed by atoms with Crippen LogP contribution >= 0.6 is 23.4 Å². The molecule has 0 aliphatic carbocycles. The molecule has 108 valence electrons. The van der Waals surface area contributed by atoms with Crippen LogP contribution in [-0.2, 0) is 4.79 Å². The van der Waals surface area contributed by atoms with Crippen LogP contribution in [0.2, 0.25) is 5.02 Å². The summed E-state index contributed by atoms with van der Waals surface area (Å²) in [5.41, 5.74) is 1.94. The van der Waals surface area contributed by atoms with Gasteiger partial charge in [0.05, 0.1) is 5.75 Å². The second-order valence-electron chi connectivity index (χ2n) is 4.38. The van der Waals surface area contributed by atoms with Gasteiger partial charge >= 0.3 is 0 Å². The van der Waals surface area contributed by atoms with E-state index < -0.39 is 0 Å². The van der Waals surface area contributed by atoms with Gasteiger partial charge in [-0.05, 0) is 29.8 Å². The molecule has 21 heavy (non-hydrogen) atoms. The van der Waals surface area contributed by atoms with E-state index in [1.165, 1.54) is 5.56 Å². The first-order valence-electron chi connectivity index (χ1n) is 6.59. The van der Waals surface area contributed by atoms with Crippen LogP contribution in [0.4, 0.5) is 5.69 Å². The summed E-state index contributed by atoms with van der Waals surface area (Å²) in [6, 6.07) is 17.2. The van der Waals surface area contributed by atoms with Gasteiger partial charge in [0.2, 0.25) is 5.91 Å². The number of hydrogen-bond donors (Lipinski definition) is 1. The molecule has 0 saturated carbocycles. The Hall–Kier alpha value is -1.71. The van der Waals surface area contributed by atoms with Crippen molar-refractivity contribution < 1.29 is 4.79 Å². The number of carbonyl (C=O) groups excluding carboxylic acids is 1. The van der Waals surface area contributed by atoms with E-state index in [0.717, 1.165) is 11.4 Å². The fraction of sp³-hybridized carbons (Fsp3) is 0.118. The molecule has 0 saturated heterocycles. The molecule has 0 aromatic heterocycles. The third kappa shape index (κ3) is 6.06. The van der Waals surface area contributed by atoms with Crippen molar-refractivity contribution in [3.63, 3.8) is 0 Å². The maximum absolute atomic E-state index is 11.7. The van der Waals surface area contributed by atoms with Gasteiger partial charge in [-0.1, -0.05) is 54.1 Å². The highest BCUT2D eigenvalue weighted by Crippen LogP contribution is 2.14. The van der Waals surface area contributed by atoms with Crippen molar-refractivity contribution in [1.82, 2.24) is 0 Å². The number of thioether (sulfide) groups is 1. The molecule has 0 heterocycles. The minimum absolute atomic E-state index is 0.00423. The summed E-state index contributed by atoms with van der Waals surface area (Å²) in [6.07, 6.45) is 4.12. The number of benzene rings is 2. The van der Waals surface area contributed by atoms with Gasteiger partial charge in [-0.2, -0.15) is 0 Å². The summed E-state index contributed by atoms with van der Waals surface area (Å²) in [7, 11) is 0. The summed E-state index contributed by atoms with van der Waals surface area (Å²) in [6.45, 7) is 0. The Morgan fingerprint density at radius 3 is 2.52 bits per heavy atom. The summed E-state index contributed by atoms with van der Waals surface area (Å²) in [4.78, 5) is 11.7. The molecule has 2 aromatic rings. The Bertz CT molecular complexity index is 596. The van der Waals surface area contributed by atoms with Crippen LogP contribution in [-0.4, -0.2) is 17.4 Å². The molecular weight excluding hydrogens is 302 g/mol. The zero-order valence-corrected chi connectivity index (χ0v) is 13.0. The predicted molar refractivity (Wildman–Crippen MR) is 92.9 cm³/mol. The number of anilines is 1. The lowest BCUT2D eigenvalue weighted by molar-refractivity contribution is -0.113. The lowest BCUT2D eigenvalue weighted by atomic mass is 10.2. The Morgan fingerprint density at radius 1 is 1.10 bits per heavy atom. The van der Waals surface area contributed by atoms with Gasteiger partial charge in [0.1, 0.15) is 0 Å². The van der Waals surface area contributed by atoms with E-state index in [1.54, 1.807) is 36.0 Å². The van der Waals surface area contributed by atoms with Crippen LogP contribution < -0.4 is 5.32 Å². The van der Waals surface area contributed by atoms with Gasteiger partial charge in [0.25, 0.3) is 0 Å². The molecular formula is C17H16ClNOS. The van der Waals surface area contributed by atoms with Crippen molar-refractivity contribution in [3.8, 4) is 0 Å². The van der Waals surface area contributed by atoms with E-state index >= 15 is 0 Å². The smallest absolute Gasteiger partial charge is 0.234 e. The highest BCUT2D eigenvalue weighted by atomic mass is 35.5. The van der Waals surface area contributed by atoms with Gasteiger partial charge in [-0.3, -0.25) is 4.79 Å². The summed E-state index contributed by atoms with van der Waals surface area (Å²) in [5.74, 6) is 1.24. The minimum atomic E-state index is -0.00423. The first kappa shape index (κ1) is 15.7. The van der Waals surface area contributed by atoms with Crippen LogP contribution in [0.5, 0.6) is 0 Å². The van der Waals surface area contributed by atoms with Crippen molar-refractivity contribution in [2.45, 2.75) is 0 Å². The number of hydrogen-bond acceptors (Lipinski definition) is 2. The number of carbonyl (C=O) groups is 1. The van der Waals surface area contributed by atoms with Gasteiger partial charge in [-0.25, -0.2) is 0 Å². The van der Waals surface area contributed by atoms with Crippen molar-refractivity contribution in [2.75, 3.05) is 16.8 Å². The third-order valence-corrected chi connectivity index (χ3v) is 3.83. The van der Waals surface area contributed by atoms with Crippen molar-refractivity contribution in [3.05, 3.63) is 71.3 Å². The quantitative estimate of drug-likeness (QED) is 0.781. The molecule has 0 fully saturated rings. The number of nitrogens with one attached hydrogen (secondary N) is 1. The molecule has 2 aromatic carbocycles. The first-order valence-corrected chi connectivity index (χ1v) is 8.12. The van der Waals surface area contributed by atoms with E-state index in [9.17, 15) is 4.79 Å². The van der Waals surface area contributed by atoms with E-state index in [-0.39, 0.29) is 5.91 Å². The lowest BCUT2D eigenvalue weighted by Gasteiger charge is -2.04. The standard InChI is InChI=1S/C17H16ClNOS/c18-15-8-10-16(11-9-15)19-17(20)13-21-12-4-7-14-5-2-1-3-6-14/h1-11H,12-13H2,(H,19,20)/b7-4+. The first-order chi connectivity index (χ1) is 10.2. The van der Waals surface area contributed by atoms with Crippen LogP contribution in [0, 0.1) is 0 Å². The van der Waals surface area contributed by atoms with E-state index in [2.05, 4.69) is 29.6 Å². The normalized spacial score (nSPS) is 10.7. The SMILES string of the molecule is O=C(CSC/C=C/c1ccccc1)Nc1ccc(Cl)cc1. The van der Waals surface area contributed by atoms with E-state index in [0.29, 0.717) is 10.8 Å². The molecule has 2 nitrogen and oxygen atoms in total. The molecule has 0 bridgehead atoms. The average molecular weight is 318 g/mol. The van der Waals surface area contributed by atoms with Crippen molar-refractivity contribution in [2.24, 2.45) is 0 Å². The van der Waals surface area contributed by atoms with E-state index in [1.807, 2.05) is 18.2 Å². The fourth-order valence-electron chi connectivity index (χ4n) is 1.70. The van der Waals surface area contributed by atoms with Crippen LogP contribution in [0.25, 0.3) is 6.08 Å². The largest absolute Gasteiger partial charge is 0.325 e. The van der Waals surface area contributed by atoms with Crippen LogP contribution in [0.15, 0.2) is 60.7 Å². The minimum Gasteiger partial charge on any atom is -0.325 e. The third-order valence-electron chi connectivity index (χ3n) is 2.69. The molecule has 0 radical (unpaired) electrons. The second-order valence-corrected chi connectivity index (χ2v) is 5.85. The lowest BCUT2D eigenvalue weighted by Crippen LogP contribution is -2.14. The number of rotatable bonds is 6. The highest BCUT2D eigenvalue weighted by Gasteiger charge is 2.01. The summed E-state index contributed by atoms with van der Waals surface area (Å²) in [5, 5.41) is 3.50. The van der Waals surface area contributed by atoms with Crippen molar-refractivity contribution in [1.29, 1.82) is 0 Å². The second kappa shape index (κ2) is 8.55. The molecule has 0 aliphatic heterocycles. The number of amides is 1. The molecule has 1 amide bonds. The fourth-order valence-corrected chi connectivity index (χ4v) is 2.43. The highest BCUT2D eigenvalue weighted by molar-refractivity contribution is 8.00.